The quantitative estimate of drug-likeness (QED) is 0.640. The van der Waals surface area contributed by atoms with Gasteiger partial charge in [0.15, 0.2) is 0 Å². The molecule has 1 atom stereocenters. The van der Waals surface area contributed by atoms with Crippen LogP contribution in [-0.2, 0) is 22.6 Å². The third kappa shape index (κ3) is 9.43. The molecular formula is C18H33Cl3N4O2. The van der Waals surface area contributed by atoms with E-state index in [0.717, 1.165) is 44.8 Å². The molecule has 1 aliphatic rings. The van der Waals surface area contributed by atoms with Crippen LogP contribution in [0.3, 0.4) is 0 Å². The lowest BCUT2D eigenvalue weighted by Crippen LogP contribution is -2.45. The molecule has 0 radical (unpaired) electrons. The van der Waals surface area contributed by atoms with Crippen LogP contribution < -0.4 is 11.1 Å². The van der Waals surface area contributed by atoms with Gasteiger partial charge in [0.05, 0.1) is 6.61 Å². The van der Waals surface area contributed by atoms with Crippen LogP contribution in [0.25, 0.3) is 0 Å². The standard InChI is InChI=1S/C18H30N4O2.3ClH/c1-3-21-8-10-22(11-9-21)13-16-7-5-4-6-15(16)12-20-18(23)17(19)14-24-2;;;/h4-7,17H,3,8-14,19H2,1-2H3,(H,20,23);3*1H. The van der Waals surface area contributed by atoms with Gasteiger partial charge in [-0.25, -0.2) is 0 Å². The number of piperazine rings is 1. The molecule has 1 aromatic carbocycles. The van der Waals surface area contributed by atoms with Crippen molar-refractivity contribution in [2.75, 3.05) is 46.4 Å². The molecule has 1 aromatic rings. The van der Waals surface area contributed by atoms with Crippen molar-refractivity contribution in [2.24, 2.45) is 5.73 Å². The molecule has 0 saturated carbocycles. The van der Waals surface area contributed by atoms with Crippen LogP contribution in [0.15, 0.2) is 24.3 Å². The second-order valence-electron chi connectivity index (χ2n) is 6.26. The van der Waals surface area contributed by atoms with Gasteiger partial charge in [0.25, 0.3) is 0 Å². The topological polar surface area (TPSA) is 70.8 Å². The summed E-state index contributed by atoms with van der Waals surface area (Å²) in [5, 5.41) is 2.91. The number of hydrogen-bond acceptors (Lipinski definition) is 5. The van der Waals surface area contributed by atoms with Crippen LogP contribution in [0.5, 0.6) is 0 Å². The smallest absolute Gasteiger partial charge is 0.239 e. The Hall–Kier alpha value is -0.600. The Morgan fingerprint density at radius 2 is 1.67 bits per heavy atom. The van der Waals surface area contributed by atoms with Crippen molar-refractivity contribution in [3.8, 4) is 0 Å². The van der Waals surface area contributed by atoms with E-state index < -0.39 is 6.04 Å². The molecule has 1 amide bonds. The summed E-state index contributed by atoms with van der Waals surface area (Å²) in [6.07, 6.45) is 0. The molecule has 3 N–H and O–H groups in total. The number of nitrogens with zero attached hydrogens (tertiary/aromatic N) is 2. The summed E-state index contributed by atoms with van der Waals surface area (Å²) in [4.78, 5) is 16.9. The van der Waals surface area contributed by atoms with E-state index in [1.54, 1.807) is 7.11 Å². The van der Waals surface area contributed by atoms with Gasteiger partial charge in [-0.05, 0) is 17.7 Å². The third-order valence-corrected chi connectivity index (χ3v) is 4.56. The fraction of sp³-hybridized carbons (Fsp3) is 0.611. The predicted octanol–water partition coefficient (Wildman–Crippen LogP) is 1.68. The number of methoxy groups -OCH3 is 1. The number of amides is 1. The van der Waals surface area contributed by atoms with E-state index in [2.05, 4.69) is 40.2 Å². The van der Waals surface area contributed by atoms with E-state index in [-0.39, 0.29) is 49.7 Å². The SMILES string of the molecule is CCN1CCN(Cc2ccccc2CNC(=O)C(N)COC)CC1.Cl.Cl.Cl. The van der Waals surface area contributed by atoms with Gasteiger partial charge in [0, 0.05) is 46.4 Å². The second-order valence-corrected chi connectivity index (χ2v) is 6.26. The zero-order valence-electron chi connectivity index (χ0n) is 16.1. The highest BCUT2D eigenvalue weighted by Crippen LogP contribution is 2.13. The zero-order valence-corrected chi connectivity index (χ0v) is 18.5. The van der Waals surface area contributed by atoms with Crippen molar-refractivity contribution in [3.05, 3.63) is 35.4 Å². The lowest BCUT2D eigenvalue weighted by molar-refractivity contribution is -0.123. The van der Waals surface area contributed by atoms with Gasteiger partial charge in [-0.1, -0.05) is 31.2 Å². The minimum absolute atomic E-state index is 0. The highest BCUT2D eigenvalue weighted by Gasteiger charge is 2.17. The third-order valence-electron chi connectivity index (χ3n) is 4.56. The van der Waals surface area contributed by atoms with Crippen molar-refractivity contribution in [3.63, 3.8) is 0 Å². The molecule has 0 aromatic heterocycles. The Balaban J connectivity index is 0. The van der Waals surface area contributed by atoms with Gasteiger partial charge < -0.3 is 20.7 Å². The van der Waals surface area contributed by atoms with Gasteiger partial charge in [-0.2, -0.15) is 0 Å². The number of hydrogen-bond donors (Lipinski definition) is 2. The molecule has 1 unspecified atom stereocenters. The summed E-state index contributed by atoms with van der Waals surface area (Å²) in [6.45, 7) is 9.42. The van der Waals surface area contributed by atoms with Crippen molar-refractivity contribution in [1.82, 2.24) is 15.1 Å². The van der Waals surface area contributed by atoms with Crippen molar-refractivity contribution in [1.29, 1.82) is 0 Å². The zero-order chi connectivity index (χ0) is 17.4. The Morgan fingerprint density at radius 3 is 2.22 bits per heavy atom. The Labute approximate surface area is 181 Å². The van der Waals surface area contributed by atoms with Crippen LogP contribution in [0, 0.1) is 0 Å². The molecule has 1 heterocycles. The Kier molecular flexibility index (Phi) is 16.3. The maximum absolute atomic E-state index is 11.9. The molecule has 1 saturated heterocycles. The predicted molar refractivity (Wildman–Crippen MR) is 117 cm³/mol. The molecule has 0 spiro atoms. The van der Waals surface area contributed by atoms with Crippen LogP contribution >= 0.6 is 37.2 Å². The maximum atomic E-state index is 11.9. The Bertz CT molecular complexity index is 529. The molecule has 0 aliphatic carbocycles. The number of benzene rings is 1. The normalized spacial score (nSPS) is 15.7. The van der Waals surface area contributed by atoms with Crippen molar-refractivity contribution in [2.45, 2.75) is 26.1 Å². The van der Waals surface area contributed by atoms with Crippen molar-refractivity contribution < 1.29 is 9.53 Å². The molecule has 9 heteroatoms. The summed E-state index contributed by atoms with van der Waals surface area (Å²) in [6, 6.07) is 7.65. The second kappa shape index (κ2) is 15.3. The van der Waals surface area contributed by atoms with Gasteiger partial charge in [-0.15, -0.1) is 37.2 Å². The minimum Gasteiger partial charge on any atom is -0.383 e. The molecule has 27 heavy (non-hydrogen) atoms. The van der Waals surface area contributed by atoms with Gasteiger partial charge in [0.2, 0.25) is 5.91 Å². The van der Waals surface area contributed by atoms with E-state index >= 15 is 0 Å². The number of rotatable bonds is 8. The van der Waals surface area contributed by atoms with Crippen LogP contribution in [0.2, 0.25) is 0 Å². The fourth-order valence-electron chi connectivity index (χ4n) is 2.96. The molecule has 0 bridgehead atoms. The van der Waals surface area contributed by atoms with Gasteiger partial charge in [0.1, 0.15) is 6.04 Å². The first-order valence-corrected chi connectivity index (χ1v) is 8.67. The maximum Gasteiger partial charge on any atom is 0.239 e. The monoisotopic (exact) mass is 442 g/mol. The summed E-state index contributed by atoms with van der Waals surface area (Å²) in [5.74, 6) is -0.178. The summed E-state index contributed by atoms with van der Waals surface area (Å²) in [5.41, 5.74) is 8.17. The lowest BCUT2D eigenvalue weighted by Gasteiger charge is -2.34. The number of nitrogens with one attached hydrogen (secondary N) is 1. The van der Waals surface area contributed by atoms with Crippen molar-refractivity contribution >= 4 is 43.1 Å². The first kappa shape index (κ1) is 28.6. The van der Waals surface area contributed by atoms with E-state index in [4.69, 9.17) is 10.5 Å². The molecule has 1 aliphatic heterocycles. The average Bonchev–Trinajstić information content (AvgIpc) is 2.61. The number of nitrogens with two attached hydrogens (primary N) is 1. The molecule has 2 rings (SSSR count). The van der Waals surface area contributed by atoms with Gasteiger partial charge >= 0.3 is 0 Å². The minimum atomic E-state index is -0.621. The summed E-state index contributed by atoms with van der Waals surface area (Å²) < 4.78 is 4.92. The first-order valence-electron chi connectivity index (χ1n) is 8.67. The van der Waals surface area contributed by atoms with E-state index in [9.17, 15) is 4.79 Å². The summed E-state index contributed by atoms with van der Waals surface area (Å²) in [7, 11) is 1.54. The van der Waals surface area contributed by atoms with Crippen LogP contribution in [0.1, 0.15) is 18.1 Å². The van der Waals surface area contributed by atoms with E-state index in [0.29, 0.717) is 6.54 Å². The lowest BCUT2D eigenvalue weighted by atomic mass is 10.1. The van der Waals surface area contributed by atoms with Gasteiger partial charge in [-0.3, -0.25) is 9.69 Å². The molecule has 158 valence electrons. The number of carbonyl (C=O) groups excluding carboxylic acids is 1. The molecular weight excluding hydrogens is 411 g/mol. The Morgan fingerprint density at radius 1 is 1.11 bits per heavy atom. The average molecular weight is 444 g/mol. The molecule has 1 fully saturated rings. The highest BCUT2D eigenvalue weighted by atomic mass is 35.5. The molecule has 6 nitrogen and oxygen atoms in total. The van der Waals surface area contributed by atoms with E-state index in [1.165, 1.54) is 5.56 Å². The van der Waals surface area contributed by atoms with Crippen LogP contribution in [-0.4, -0.2) is 68.2 Å². The number of carbonyl (C=O) groups is 1. The number of likely N-dealkylation sites (N-methyl/N-ethyl adjacent to an activating group) is 1. The van der Waals surface area contributed by atoms with E-state index in [1.807, 2.05) is 6.07 Å². The highest BCUT2D eigenvalue weighted by molar-refractivity contribution is 5.86. The first-order chi connectivity index (χ1) is 11.6. The largest absolute Gasteiger partial charge is 0.383 e. The number of halogens is 3. The summed E-state index contributed by atoms with van der Waals surface area (Å²) >= 11 is 0. The van der Waals surface area contributed by atoms with Crippen LogP contribution in [0.4, 0.5) is 0 Å². The number of ether oxygens (including phenoxy) is 1. The fourth-order valence-corrected chi connectivity index (χ4v) is 2.96.